The van der Waals surface area contributed by atoms with Crippen LogP contribution in [0.1, 0.15) is 65.7 Å². The Morgan fingerprint density at radius 2 is 1.97 bits per heavy atom. The molecule has 0 aromatic carbocycles. The van der Waals surface area contributed by atoms with Crippen molar-refractivity contribution < 1.29 is 28.5 Å². The second kappa shape index (κ2) is 6.34. The fourth-order valence-corrected chi connectivity index (χ4v) is 6.50. The molecule has 0 aromatic rings. The number of rotatable bonds is 3. The highest BCUT2D eigenvalue weighted by Gasteiger charge is 2.71. The quantitative estimate of drug-likeness (QED) is 0.522. The molecule has 0 radical (unpaired) electrons. The largest absolute Gasteiger partial charge is 0.483 e. The van der Waals surface area contributed by atoms with Crippen molar-refractivity contribution in [2.75, 3.05) is 14.2 Å². The van der Waals surface area contributed by atoms with Crippen LogP contribution in [0.25, 0.3) is 0 Å². The lowest BCUT2D eigenvalue weighted by Crippen LogP contribution is -2.68. The summed E-state index contributed by atoms with van der Waals surface area (Å²) >= 11 is 0. The lowest BCUT2D eigenvalue weighted by Gasteiger charge is -2.67. The number of ether oxygens (including phenoxy) is 4. The van der Waals surface area contributed by atoms with Gasteiger partial charge in [0.2, 0.25) is 0 Å². The lowest BCUT2D eigenvalue weighted by atomic mass is 9.42. The van der Waals surface area contributed by atoms with Crippen molar-refractivity contribution in [3.05, 3.63) is 23.5 Å². The zero-order chi connectivity index (χ0) is 21.2. The minimum Gasteiger partial charge on any atom is -0.483 e. The zero-order valence-electron chi connectivity index (χ0n) is 18.2. The van der Waals surface area contributed by atoms with Crippen LogP contribution in [-0.2, 0) is 28.5 Å². The van der Waals surface area contributed by atoms with E-state index in [1.54, 1.807) is 0 Å². The molecule has 1 spiro atoms. The number of hydrogen-bond donors (Lipinski definition) is 0. The summed E-state index contributed by atoms with van der Waals surface area (Å²) in [6.07, 6.45) is 5.24. The third-order valence-electron chi connectivity index (χ3n) is 8.65. The van der Waals surface area contributed by atoms with Gasteiger partial charge in [-0.1, -0.05) is 32.9 Å². The highest BCUT2D eigenvalue weighted by atomic mass is 16.7. The number of esters is 2. The van der Waals surface area contributed by atoms with Gasteiger partial charge in [0.15, 0.2) is 5.76 Å². The van der Waals surface area contributed by atoms with Crippen molar-refractivity contribution in [3.63, 3.8) is 0 Å². The summed E-state index contributed by atoms with van der Waals surface area (Å²) < 4.78 is 23.0. The van der Waals surface area contributed by atoms with Crippen LogP contribution in [0, 0.1) is 16.7 Å². The van der Waals surface area contributed by atoms with Crippen LogP contribution in [0.3, 0.4) is 0 Å². The normalized spacial score (nSPS) is 43.7. The predicted octanol–water partition coefficient (Wildman–Crippen LogP) is 4.04. The molecule has 0 unspecified atom stereocenters. The van der Waals surface area contributed by atoms with Crippen molar-refractivity contribution in [2.24, 2.45) is 16.7 Å². The van der Waals surface area contributed by atoms with Crippen LogP contribution in [0.15, 0.2) is 23.5 Å². The first-order valence-electron chi connectivity index (χ1n) is 10.6. The number of carbonyl (C=O) groups excluding carboxylic acids is 2. The summed E-state index contributed by atoms with van der Waals surface area (Å²) in [4.78, 5) is 25.0. The summed E-state index contributed by atoms with van der Waals surface area (Å²) in [5.74, 6) is -1.80. The van der Waals surface area contributed by atoms with Gasteiger partial charge in [-0.15, -0.1) is 0 Å². The van der Waals surface area contributed by atoms with E-state index in [-0.39, 0.29) is 17.3 Å². The van der Waals surface area contributed by atoms with Crippen LogP contribution in [0.5, 0.6) is 0 Å². The van der Waals surface area contributed by atoms with Gasteiger partial charge in [0.05, 0.1) is 12.7 Å². The maximum atomic E-state index is 12.9. The van der Waals surface area contributed by atoms with Crippen molar-refractivity contribution >= 4 is 11.9 Å². The minimum atomic E-state index is -1.56. The smallest absolute Gasteiger partial charge is 0.340 e. The van der Waals surface area contributed by atoms with Crippen LogP contribution >= 0.6 is 0 Å². The molecule has 4 aliphatic rings. The van der Waals surface area contributed by atoms with E-state index in [0.717, 1.165) is 32.1 Å². The third kappa shape index (κ3) is 2.38. The number of cyclic esters (lactones) is 1. The minimum absolute atomic E-state index is 0.207. The molecule has 0 N–H and O–H groups in total. The summed E-state index contributed by atoms with van der Waals surface area (Å²) in [6.45, 7) is 11.2. The maximum absolute atomic E-state index is 12.9. The molecule has 2 aliphatic heterocycles. The Balaban J connectivity index is 1.89. The first-order valence-corrected chi connectivity index (χ1v) is 10.6. The van der Waals surface area contributed by atoms with Gasteiger partial charge in [0.25, 0.3) is 5.79 Å². The summed E-state index contributed by atoms with van der Waals surface area (Å²) in [7, 11) is 2.74. The van der Waals surface area contributed by atoms with Gasteiger partial charge in [0.1, 0.15) is 12.0 Å². The molecule has 2 saturated carbocycles. The summed E-state index contributed by atoms with van der Waals surface area (Å²) in [6, 6.07) is 0. The van der Waals surface area contributed by atoms with E-state index in [2.05, 4.69) is 27.4 Å². The van der Waals surface area contributed by atoms with Crippen molar-refractivity contribution in [2.45, 2.75) is 77.1 Å². The van der Waals surface area contributed by atoms with Crippen molar-refractivity contribution in [3.8, 4) is 0 Å². The first kappa shape index (κ1) is 20.5. The lowest BCUT2D eigenvalue weighted by molar-refractivity contribution is -0.265. The van der Waals surface area contributed by atoms with E-state index in [1.807, 2.05) is 0 Å². The maximum Gasteiger partial charge on any atom is 0.340 e. The van der Waals surface area contributed by atoms with Gasteiger partial charge in [-0.3, -0.25) is 4.79 Å². The standard InChI is InChI=1S/C23H32O6/c1-14-8-7-10-23-20(14,3)11-9-15(2)21(23,4)12-16-18(28-23)22(27-6,29-19(16)25)13-17(24)26-5/h15H,1,7-13H2,2-6H3/t15-,20+,21+,22-,23-/m1/s1. The van der Waals surface area contributed by atoms with Crippen LogP contribution < -0.4 is 0 Å². The molecule has 29 heavy (non-hydrogen) atoms. The molecular formula is C23H32O6. The Hall–Kier alpha value is -1.82. The molecule has 2 fully saturated rings. The van der Waals surface area contributed by atoms with E-state index in [4.69, 9.17) is 18.9 Å². The molecule has 6 nitrogen and oxygen atoms in total. The third-order valence-corrected chi connectivity index (χ3v) is 8.65. The van der Waals surface area contributed by atoms with Gasteiger partial charge in [0, 0.05) is 17.9 Å². The molecule has 0 amide bonds. The number of methoxy groups -OCH3 is 2. The van der Waals surface area contributed by atoms with Gasteiger partial charge in [-0.05, 0) is 44.4 Å². The zero-order valence-corrected chi connectivity index (χ0v) is 18.2. The van der Waals surface area contributed by atoms with Crippen LogP contribution in [0.2, 0.25) is 0 Å². The molecule has 2 aliphatic carbocycles. The van der Waals surface area contributed by atoms with Crippen LogP contribution in [-0.4, -0.2) is 37.5 Å². The topological polar surface area (TPSA) is 71.1 Å². The van der Waals surface area contributed by atoms with Crippen LogP contribution in [0.4, 0.5) is 0 Å². The predicted molar refractivity (Wildman–Crippen MR) is 106 cm³/mol. The van der Waals surface area contributed by atoms with Crippen molar-refractivity contribution in [1.82, 2.24) is 0 Å². The van der Waals surface area contributed by atoms with Gasteiger partial charge < -0.3 is 18.9 Å². The van der Waals surface area contributed by atoms with E-state index < -0.39 is 23.3 Å². The van der Waals surface area contributed by atoms with Gasteiger partial charge >= 0.3 is 11.9 Å². The van der Waals surface area contributed by atoms with E-state index >= 15 is 0 Å². The average Bonchev–Trinajstić information content (AvgIpc) is 2.94. The molecule has 0 aromatic heterocycles. The Bertz CT molecular complexity index is 814. The second-order valence-electron chi connectivity index (χ2n) is 9.66. The van der Waals surface area contributed by atoms with E-state index in [0.29, 0.717) is 23.7 Å². The van der Waals surface area contributed by atoms with Gasteiger partial charge in [-0.25, -0.2) is 4.79 Å². The molecule has 160 valence electrons. The molecule has 4 rings (SSSR count). The highest BCUT2D eigenvalue weighted by molar-refractivity contribution is 5.93. The molecule has 0 bridgehead atoms. The Kier molecular flexibility index (Phi) is 4.47. The van der Waals surface area contributed by atoms with Gasteiger partial charge in [-0.2, -0.15) is 0 Å². The number of hydrogen-bond acceptors (Lipinski definition) is 6. The number of carbonyl (C=O) groups is 2. The van der Waals surface area contributed by atoms with E-state index in [9.17, 15) is 9.59 Å². The monoisotopic (exact) mass is 404 g/mol. The SMILES string of the molecule is C=C1CCC[C@]23OC4=C(C[C@@]2(C)[C@H](C)CC[C@@]13C)C(=O)O[C@@]4(CC(=O)OC)OC. The fraction of sp³-hybridized carbons (Fsp3) is 0.739. The Labute approximate surface area is 172 Å². The molecule has 6 heteroatoms. The average molecular weight is 405 g/mol. The summed E-state index contributed by atoms with van der Waals surface area (Å²) in [5.41, 5.74) is 0.751. The molecular weight excluding hydrogens is 372 g/mol. The molecule has 0 saturated heterocycles. The van der Waals surface area contributed by atoms with Crippen molar-refractivity contribution in [1.29, 1.82) is 0 Å². The fourth-order valence-electron chi connectivity index (χ4n) is 6.50. The molecule has 2 heterocycles. The highest BCUT2D eigenvalue weighted by Crippen LogP contribution is 2.70. The van der Waals surface area contributed by atoms with E-state index in [1.165, 1.54) is 19.8 Å². The first-order chi connectivity index (χ1) is 13.6. The second-order valence-corrected chi connectivity index (χ2v) is 9.66. The molecule has 5 atom stereocenters. The Morgan fingerprint density at radius 3 is 2.62 bits per heavy atom. The Morgan fingerprint density at radius 1 is 1.24 bits per heavy atom. The summed E-state index contributed by atoms with van der Waals surface area (Å²) in [5, 5.41) is 0.